The summed E-state index contributed by atoms with van der Waals surface area (Å²) in [6.45, 7) is 9.05. The van der Waals surface area contributed by atoms with Gasteiger partial charge in [0.2, 0.25) is 5.91 Å². The SMILES string of the molecule is Cc1nc(NS(=O)(=O)c2cccc(OCC(C)(C)CC(C)(C)C(=O)NO)c2)ccc1C(=O)Nc1ccc(Cl)c(-c2nc3ccccc3[nH]2)c1. The molecule has 3 aromatic carbocycles. The monoisotopic (exact) mass is 704 g/mol. The molecule has 0 saturated carbocycles. The van der Waals surface area contributed by atoms with Gasteiger partial charge in [-0.25, -0.2) is 23.9 Å². The van der Waals surface area contributed by atoms with Crippen LogP contribution in [0.15, 0.2) is 83.8 Å². The third kappa shape index (κ3) is 8.37. The molecule has 0 aliphatic rings. The van der Waals surface area contributed by atoms with E-state index in [1.807, 2.05) is 38.1 Å². The van der Waals surface area contributed by atoms with Crippen molar-refractivity contribution >= 4 is 56.0 Å². The lowest BCUT2D eigenvalue weighted by Crippen LogP contribution is -2.39. The van der Waals surface area contributed by atoms with Crippen molar-refractivity contribution in [3.63, 3.8) is 0 Å². The van der Waals surface area contributed by atoms with E-state index in [1.54, 1.807) is 56.6 Å². The zero-order valence-electron chi connectivity index (χ0n) is 27.6. The molecule has 0 aliphatic carbocycles. The number of hydrogen-bond donors (Lipinski definition) is 5. The van der Waals surface area contributed by atoms with Crippen LogP contribution in [0.1, 0.15) is 50.2 Å². The number of sulfonamides is 1. The molecular formula is C35H37ClN6O6S. The highest BCUT2D eigenvalue weighted by atomic mass is 35.5. The Morgan fingerprint density at radius 2 is 1.71 bits per heavy atom. The van der Waals surface area contributed by atoms with Crippen LogP contribution in [0.3, 0.4) is 0 Å². The van der Waals surface area contributed by atoms with E-state index < -0.39 is 32.7 Å². The summed E-state index contributed by atoms with van der Waals surface area (Å²) in [4.78, 5) is 37.4. The van der Waals surface area contributed by atoms with Crippen LogP contribution in [-0.2, 0) is 14.8 Å². The van der Waals surface area contributed by atoms with E-state index in [1.165, 1.54) is 24.3 Å². The second kappa shape index (κ2) is 13.9. The van der Waals surface area contributed by atoms with E-state index in [0.29, 0.717) is 40.0 Å². The molecule has 5 rings (SSSR count). The molecule has 5 N–H and O–H groups in total. The van der Waals surface area contributed by atoms with Gasteiger partial charge in [0.15, 0.2) is 0 Å². The van der Waals surface area contributed by atoms with Gasteiger partial charge in [0.25, 0.3) is 15.9 Å². The van der Waals surface area contributed by atoms with Gasteiger partial charge in [-0.15, -0.1) is 0 Å². The Balaban J connectivity index is 1.25. The summed E-state index contributed by atoms with van der Waals surface area (Å²) < 4.78 is 34.9. The first kappa shape index (κ1) is 35.3. The second-order valence-electron chi connectivity index (χ2n) is 13.1. The summed E-state index contributed by atoms with van der Waals surface area (Å²) in [5.74, 6) is -0.0314. The first-order valence-electron chi connectivity index (χ1n) is 15.3. The minimum Gasteiger partial charge on any atom is -0.493 e. The van der Waals surface area contributed by atoms with Gasteiger partial charge in [0.05, 0.1) is 38.8 Å². The fraction of sp³-hybridized carbons (Fsp3) is 0.257. The van der Waals surface area contributed by atoms with Gasteiger partial charge < -0.3 is 15.0 Å². The minimum absolute atomic E-state index is 0.0320. The standard InChI is InChI=1S/C35H37ClN6O6S/c1-21-25(32(43)38-22-13-15-27(36)26(17-22)31-39-28-11-6-7-12-29(28)40-31)14-16-30(37-21)42-49(46,47)24-10-8-9-23(18-24)48-20-34(2,3)19-35(4,5)33(44)41-45/h6-18,45H,19-20H2,1-5H3,(H,37,42)(H,38,43)(H,39,40)(H,41,44). The molecule has 2 heterocycles. The topological polar surface area (TPSA) is 175 Å². The number of para-hydroxylation sites is 2. The number of aromatic amines is 1. The number of nitrogens with zero attached hydrogens (tertiary/aromatic N) is 2. The van der Waals surface area contributed by atoms with Crippen molar-refractivity contribution in [1.82, 2.24) is 20.4 Å². The van der Waals surface area contributed by atoms with Crippen LogP contribution in [0, 0.1) is 17.8 Å². The number of carbonyl (C=O) groups excluding carboxylic acids is 2. The average molecular weight is 705 g/mol. The van der Waals surface area contributed by atoms with Crippen LogP contribution in [-0.4, -0.2) is 47.0 Å². The Bertz CT molecular complexity index is 2110. The summed E-state index contributed by atoms with van der Waals surface area (Å²) >= 11 is 6.46. The molecule has 2 aromatic heterocycles. The summed E-state index contributed by atoms with van der Waals surface area (Å²) in [6.07, 6.45) is 0.397. The number of carbonyl (C=O) groups is 2. The molecule has 5 aromatic rings. The Morgan fingerprint density at radius 1 is 0.959 bits per heavy atom. The van der Waals surface area contributed by atoms with E-state index in [4.69, 9.17) is 21.5 Å². The molecule has 0 spiro atoms. The van der Waals surface area contributed by atoms with Gasteiger partial charge in [0, 0.05) is 22.7 Å². The van der Waals surface area contributed by atoms with Gasteiger partial charge in [-0.05, 0) is 73.4 Å². The highest BCUT2D eigenvalue weighted by Gasteiger charge is 2.35. The molecule has 49 heavy (non-hydrogen) atoms. The molecular weight excluding hydrogens is 668 g/mol. The number of anilines is 2. The number of amides is 2. The number of nitrogens with one attached hydrogen (secondary N) is 4. The van der Waals surface area contributed by atoms with E-state index in [-0.39, 0.29) is 22.9 Å². The molecule has 2 amide bonds. The molecule has 0 radical (unpaired) electrons. The molecule has 0 saturated heterocycles. The van der Waals surface area contributed by atoms with Crippen molar-refractivity contribution in [3.05, 3.63) is 95.1 Å². The number of hydroxylamine groups is 1. The predicted molar refractivity (Wildman–Crippen MR) is 188 cm³/mol. The number of H-pyrrole nitrogens is 1. The lowest BCUT2D eigenvalue weighted by Gasteiger charge is -2.33. The number of benzene rings is 3. The number of ether oxygens (including phenoxy) is 1. The van der Waals surface area contributed by atoms with Crippen molar-refractivity contribution in [3.8, 4) is 17.1 Å². The fourth-order valence-electron chi connectivity index (χ4n) is 5.61. The fourth-order valence-corrected chi connectivity index (χ4v) is 6.85. The van der Waals surface area contributed by atoms with Gasteiger partial charge >= 0.3 is 0 Å². The predicted octanol–water partition coefficient (Wildman–Crippen LogP) is 6.97. The van der Waals surface area contributed by atoms with Crippen LogP contribution < -0.4 is 20.3 Å². The number of hydrogen-bond acceptors (Lipinski definition) is 8. The number of aryl methyl sites for hydroxylation is 1. The highest BCUT2D eigenvalue weighted by molar-refractivity contribution is 7.92. The highest BCUT2D eigenvalue weighted by Crippen LogP contribution is 2.35. The summed E-state index contributed by atoms with van der Waals surface area (Å²) in [7, 11) is -4.07. The number of halogens is 1. The van der Waals surface area contributed by atoms with Crippen molar-refractivity contribution in [2.75, 3.05) is 16.6 Å². The van der Waals surface area contributed by atoms with Crippen molar-refractivity contribution in [1.29, 1.82) is 0 Å². The van der Waals surface area contributed by atoms with Crippen LogP contribution >= 0.6 is 11.6 Å². The van der Waals surface area contributed by atoms with E-state index in [9.17, 15) is 18.0 Å². The minimum atomic E-state index is -4.07. The van der Waals surface area contributed by atoms with Crippen LogP contribution in [0.4, 0.5) is 11.5 Å². The lowest BCUT2D eigenvalue weighted by atomic mass is 9.75. The number of fused-ring (bicyclic) bond motifs is 1. The summed E-state index contributed by atoms with van der Waals surface area (Å²) in [5.41, 5.74) is 3.66. The van der Waals surface area contributed by atoms with E-state index in [2.05, 4.69) is 25.0 Å². The largest absolute Gasteiger partial charge is 0.493 e. The molecule has 0 unspecified atom stereocenters. The van der Waals surface area contributed by atoms with Crippen molar-refractivity contribution in [2.45, 2.75) is 45.9 Å². The van der Waals surface area contributed by atoms with Gasteiger partial charge in [0.1, 0.15) is 17.4 Å². The summed E-state index contributed by atoms with van der Waals surface area (Å²) in [6, 6.07) is 21.6. The van der Waals surface area contributed by atoms with Crippen LogP contribution in [0.5, 0.6) is 5.75 Å². The van der Waals surface area contributed by atoms with Gasteiger partial charge in [-0.3, -0.25) is 19.5 Å². The molecule has 256 valence electrons. The zero-order valence-corrected chi connectivity index (χ0v) is 29.2. The maximum atomic E-state index is 13.3. The normalized spacial score (nSPS) is 12.1. The Hall–Kier alpha value is -4.98. The smallest absolute Gasteiger partial charge is 0.263 e. The molecule has 14 heteroatoms. The van der Waals surface area contributed by atoms with Crippen LogP contribution in [0.2, 0.25) is 5.02 Å². The molecule has 0 atom stereocenters. The zero-order chi connectivity index (χ0) is 35.6. The number of rotatable bonds is 12. The number of pyridine rings is 1. The molecule has 0 aliphatic heterocycles. The quantitative estimate of drug-likeness (QED) is 0.0684. The first-order chi connectivity index (χ1) is 23.1. The van der Waals surface area contributed by atoms with Crippen molar-refractivity contribution in [2.24, 2.45) is 10.8 Å². The lowest BCUT2D eigenvalue weighted by molar-refractivity contribution is -0.140. The van der Waals surface area contributed by atoms with Crippen molar-refractivity contribution < 1.29 is 28.0 Å². The van der Waals surface area contributed by atoms with Crippen LogP contribution in [0.25, 0.3) is 22.4 Å². The van der Waals surface area contributed by atoms with E-state index >= 15 is 0 Å². The van der Waals surface area contributed by atoms with Gasteiger partial charge in [-0.1, -0.05) is 57.5 Å². The van der Waals surface area contributed by atoms with Gasteiger partial charge in [-0.2, -0.15) is 0 Å². The summed E-state index contributed by atoms with van der Waals surface area (Å²) in [5, 5.41) is 12.3. The number of aromatic nitrogens is 3. The Morgan fingerprint density at radius 3 is 2.43 bits per heavy atom. The average Bonchev–Trinajstić information content (AvgIpc) is 3.48. The Labute approximate surface area is 289 Å². The maximum absolute atomic E-state index is 13.3. The first-order valence-corrected chi connectivity index (χ1v) is 17.2. The molecule has 12 nitrogen and oxygen atoms in total. The third-order valence-corrected chi connectivity index (χ3v) is 9.50. The second-order valence-corrected chi connectivity index (χ2v) is 15.2. The van der Waals surface area contributed by atoms with E-state index in [0.717, 1.165) is 11.0 Å². The third-order valence-electron chi connectivity index (χ3n) is 7.82. The maximum Gasteiger partial charge on any atom is 0.263 e. The Kier molecular flexibility index (Phi) is 10.00. The number of imidazole rings is 1. The molecule has 0 fully saturated rings. The molecule has 0 bridgehead atoms.